The van der Waals surface area contributed by atoms with E-state index in [2.05, 4.69) is 16.4 Å². The summed E-state index contributed by atoms with van der Waals surface area (Å²) in [5.74, 6) is 0.743. The number of rotatable bonds is 7. The van der Waals surface area contributed by atoms with Crippen LogP contribution in [0.5, 0.6) is 11.5 Å². The van der Waals surface area contributed by atoms with E-state index in [1.165, 1.54) is 25.6 Å². The van der Waals surface area contributed by atoms with E-state index in [0.29, 0.717) is 28.7 Å². The molecule has 4 rings (SSSR count). The van der Waals surface area contributed by atoms with Gasteiger partial charge in [0.2, 0.25) is 5.91 Å². The summed E-state index contributed by atoms with van der Waals surface area (Å²) in [4.78, 5) is 32.0. The van der Waals surface area contributed by atoms with Gasteiger partial charge in [-0.25, -0.2) is 4.98 Å². The molecular formula is C25H27N3O4S. The van der Waals surface area contributed by atoms with Gasteiger partial charge < -0.3 is 14.4 Å². The van der Waals surface area contributed by atoms with Crippen molar-refractivity contribution in [3.63, 3.8) is 0 Å². The Labute approximate surface area is 197 Å². The molecule has 0 radical (unpaired) electrons. The molecule has 1 N–H and O–H groups in total. The van der Waals surface area contributed by atoms with Gasteiger partial charge in [-0.2, -0.15) is 0 Å². The Morgan fingerprint density at radius 1 is 1.21 bits per heavy atom. The maximum atomic E-state index is 12.8. The van der Waals surface area contributed by atoms with Crippen molar-refractivity contribution in [1.29, 1.82) is 0 Å². The van der Waals surface area contributed by atoms with Gasteiger partial charge in [-0.05, 0) is 42.7 Å². The lowest BCUT2D eigenvalue weighted by atomic mass is 10.1. The Bertz CT molecular complexity index is 1190. The summed E-state index contributed by atoms with van der Waals surface area (Å²) in [6, 6.07) is 11.2. The molecule has 1 aromatic heterocycles. The summed E-state index contributed by atoms with van der Waals surface area (Å²) in [7, 11) is 3.03. The average molecular weight is 466 g/mol. The summed E-state index contributed by atoms with van der Waals surface area (Å²) in [6.45, 7) is 4.72. The number of hydrogen-bond acceptors (Lipinski definition) is 6. The van der Waals surface area contributed by atoms with Gasteiger partial charge in [0, 0.05) is 29.1 Å². The molecular weight excluding hydrogens is 438 g/mol. The lowest BCUT2D eigenvalue weighted by Crippen LogP contribution is -2.33. The van der Waals surface area contributed by atoms with Crippen LogP contribution in [0.2, 0.25) is 0 Å². The predicted molar refractivity (Wildman–Crippen MR) is 131 cm³/mol. The Kier molecular flexibility index (Phi) is 6.65. The maximum Gasteiger partial charge on any atom is 0.261 e. The highest BCUT2D eigenvalue weighted by atomic mass is 32.1. The molecule has 1 aliphatic heterocycles. The second-order valence-corrected chi connectivity index (χ2v) is 8.78. The maximum absolute atomic E-state index is 12.8. The fourth-order valence-electron chi connectivity index (χ4n) is 3.92. The molecule has 2 amide bonds. The SMILES string of the molecule is CC[C@H](C)C(=O)N1CCc2cc(-c3csc(NC(=O)c4cccc(OC)c4OC)n3)ccc21. The van der Waals surface area contributed by atoms with Gasteiger partial charge >= 0.3 is 0 Å². The first-order valence-corrected chi connectivity index (χ1v) is 11.8. The summed E-state index contributed by atoms with van der Waals surface area (Å²) < 4.78 is 10.6. The molecule has 0 saturated carbocycles. The second kappa shape index (κ2) is 9.62. The second-order valence-electron chi connectivity index (χ2n) is 7.93. The molecule has 0 unspecified atom stereocenters. The van der Waals surface area contributed by atoms with Crippen LogP contribution in [0.15, 0.2) is 41.8 Å². The number of thiazole rings is 1. The predicted octanol–water partition coefficient (Wildman–Crippen LogP) is 5.01. The number of aromatic nitrogens is 1. The molecule has 2 heterocycles. The Morgan fingerprint density at radius 3 is 2.76 bits per heavy atom. The number of fused-ring (bicyclic) bond motifs is 1. The first-order valence-electron chi connectivity index (χ1n) is 10.9. The van der Waals surface area contributed by atoms with Crippen molar-refractivity contribution in [2.24, 2.45) is 5.92 Å². The molecule has 33 heavy (non-hydrogen) atoms. The van der Waals surface area contributed by atoms with Crippen molar-refractivity contribution < 1.29 is 19.1 Å². The minimum absolute atomic E-state index is 0.0172. The molecule has 0 bridgehead atoms. The van der Waals surface area contributed by atoms with Gasteiger partial charge in [0.25, 0.3) is 5.91 Å². The number of ether oxygens (including phenoxy) is 2. The lowest BCUT2D eigenvalue weighted by Gasteiger charge is -2.21. The smallest absolute Gasteiger partial charge is 0.261 e. The number of nitrogens with zero attached hydrogens (tertiary/aromatic N) is 2. The van der Waals surface area contributed by atoms with Gasteiger partial charge in [0.15, 0.2) is 16.6 Å². The van der Waals surface area contributed by atoms with Crippen LogP contribution in [-0.2, 0) is 11.2 Å². The van der Waals surface area contributed by atoms with Gasteiger partial charge in [-0.1, -0.05) is 26.0 Å². The number of anilines is 2. The third kappa shape index (κ3) is 4.43. The van der Waals surface area contributed by atoms with E-state index in [4.69, 9.17) is 9.47 Å². The topological polar surface area (TPSA) is 80.8 Å². The molecule has 0 spiro atoms. The van der Waals surface area contributed by atoms with Crippen molar-refractivity contribution in [2.45, 2.75) is 26.7 Å². The number of nitrogens with one attached hydrogen (secondary N) is 1. The standard InChI is InChI=1S/C25H27N3O4S/c1-5-15(2)24(30)28-12-11-17-13-16(9-10-20(17)28)19-14-33-25(26-19)27-23(29)18-7-6-8-21(31-3)22(18)32-4/h6-10,13-15H,5,11-12H2,1-4H3,(H,26,27,29)/t15-/m0/s1. The number of benzene rings is 2. The first kappa shape index (κ1) is 22.8. The lowest BCUT2D eigenvalue weighted by molar-refractivity contribution is -0.121. The summed E-state index contributed by atoms with van der Waals surface area (Å²) in [6.07, 6.45) is 1.66. The molecule has 2 aromatic carbocycles. The number of para-hydroxylation sites is 1. The van der Waals surface area contributed by atoms with Gasteiger partial charge in [0.1, 0.15) is 0 Å². The molecule has 1 aliphatic rings. The van der Waals surface area contributed by atoms with E-state index >= 15 is 0 Å². The molecule has 8 heteroatoms. The third-order valence-corrected chi connectivity index (χ3v) is 6.70. The highest BCUT2D eigenvalue weighted by molar-refractivity contribution is 7.14. The minimum atomic E-state index is -0.320. The van der Waals surface area contributed by atoms with E-state index in [1.807, 2.05) is 36.3 Å². The zero-order valence-corrected chi connectivity index (χ0v) is 20.0. The van der Waals surface area contributed by atoms with Gasteiger partial charge in [0.05, 0.1) is 25.5 Å². The highest BCUT2D eigenvalue weighted by Gasteiger charge is 2.27. The van der Waals surface area contributed by atoms with Gasteiger partial charge in [-0.3, -0.25) is 14.9 Å². The van der Waals surface area contributed by atoms with Crippen LogP contribution in [0.4, 0.5) is 10.8 Å². The number of amides is 2. The summed E-state index contributed by atoms with van der Waals surface area (Å²) in [5.41, 5.74) is 4.24. The van der Waals surface area contributed by atoms with Crippen LogP contribution in [0.1, 0.15) is 36.2 Å². The van der Waals surface area contributed by atoms with Crippen molar-refractivity contribution >= 4 is 34.0 Å². The van der Waals surface area contributed by atoms with Crippen LogP contribution < -0.4 is 19.7 Å². The zero-order valence-electron chi connectivity index (χ0n) is 19.2. The molecule has 1 atom stereocenters. The molecule has 0 aliphatic carbocycles. The third-order valence-electron chi connectivity index (χ3n) is 5.94. The van der Waals surface area contributed by atoms with Crippen LogP contribution >= 0.6 is 11.3 Å². The summed E-state index contributed by atoms with van der Waals surface area (Å²) in [5, 5.41) is 5.26. The molecule has 0 fully saturated rings. The van der Waals surface area contributed by atoms with E-state index < -0.39 is 0 Å². The Morgan fingerprint density at radius 2 is 2.03 bits per heavy atom. The van der Waals surface area contributed by atoms with E-state index in [0.717, 1.165) is 35.3 Å². The molecule has 3 aromatic rings. The quantitative estimate of drug-likeness (QED) is 0.530. The fraction of sp³-hybridized carbons (Fsp3) is 0.320. The largest absolute Gasteiger partial charge is 0.493 e. The van der Waals surface area contributed by atoms with Crippen LogP contribution in [0, 0.1) is 5.92 Å². The van der Waals surface area contributed by atoms with E-state index in [1.54, 1.807) is 18.2 Å². The van der Waals surface area contributed by atoms with Crippen LogP contribution in [0.3, 0.4) is 0 Å². The normalized spacial score (nSPS) is 13.4. The fourth-order valence-corrected chi connectivity index (χ4v) is 4.64. The highest BCUT2D eigenvalue weighted by Crippen LogP contribution is 2.35. The van der Waals surface area contributed by atoms with Crippen LogP contribution in [0.25, 0.3) is 11.3 Å². The molecule has 0 saturated heterocycles. The molecule has 172 valence electrons. The number of carbonyl (C=O) groups excluding carboxylic acids is 2. The van der Waals surface area contributed by atoms with Crippen molar-refractivity contribution in [3.8, 4) is 22.8 Å². The number of carbonyl (C=O) groups is 2. The average Bonchev–Trinajstić information content (AvgIpc) is 3.48. The number of methoxy groups -OCH3 is 2. The Balaban J connectivity index is 1.52. The number of hydrogen-bond donors (Lipinski definition) is 1. The molecule has 7 nitrogen and oxygen atoms in total. The summed E-state index contributed by atoms with van der Waals surface area (Å²) >= 11 is 1.36. The monoisotopic (exact) mass is 465 g/mol. The van der Waals surface area contributed by atoms with Crippen molar-refractivity contribution in [1.82, 2.24) is 4.98 Å². The first-order chi connectivity index (χ1) is 16.0. The van der Waals surface area contributed by atoms with Crippen molar-refractivity contribution in [2.75, 3.05) is 31.0 Å². The van der Waals surface area contributed by atoms with Crippen molar-refractivity contribution in [3.05, 3.63) is 52.9 Å². The van der Waals surface area contributed by atoms with Crippen LogP contribution in [-0.4, -0.2) is 37.6 Å². The van der Waals surface area contributed by atoms with E-state index in [-0.39, 0.29) is 17.7 Å². The minimum Gasteiger partial charge on any atom is -0.493 e. The Hall–Kier alpha value is -3.39. The zero-order chi connectivity index (χ0) is 23.5. The van der Waals surface area contributed by atoms with Gasteiger partial charge in [-0.15, -0.1) is 11.3 Å². The van der Waals surface area contributed by atoms with E-state index in [9.17, 15) is 9.59 Å².